The number of nitrogens with zero attached hydrogens (tertiary/aromatic N) is 1. The minimum atomic E-state index is 0.347. The molecule has 0 bridgehead atoms. The van der Waals surface area contributed by atoms with Crippen molar-refractivity contribution >= 4 is 0 Å². The summed E-state index contributed by atoms with van der Waals surface area (Å²) >= 11 is 0. The highest BCUT2D eigenvalue weighted by molar-refractivity contribution is 5.51. The van der Waals surface area contributed by atoms with Gasteiger partial charge in [-0.3, -0.25) is 0 Å². The summed E-state index contributed by atoms with van der Waals surface area (Å²) in [4.78, 5) is 2.29. The van der Waals surface area contributed by atoms with Crippen molar-refractivity contribution in [2.24, 2.45) is 0 Å². The summed E-state index contributed by atoms with van der Waals surface area (Å²) in [5.41, 5.74) is 2.78. The Morgan fingerprint density at radius 3 is 2.80 bits per heavy atom. The van der Waals surface area contributed by atoms with Gasteiger partial charge in [0.05, 0.1) is 0 Å². The number of rotatable bonds is 1. The number of likely N-dealkylation sites (N-methyl/N-ethyl adjacent to an activating group) is 1. The second-order valence-electron chi connectivity index (χ2n) is 6.04. The fourth-order valence-corrected chi connectivity index (χ4v) is 3.67. The average molecular weight is 272 g/mol. The maximum Gasteiger partial charge on any atom is 0.231 e. The SMILES string of the molecule is CN(C)[C@H]1C=CC[C@H]2c3cc4c(cc3CNC21)OCO4. The van der Waals surface area contributed by atoms with Gasteiger partial charge in [-0.25, -0.2) is 0 Å². The molecule has 4 nitrogen and oxygen atoms in total. The molecule has 0 radical (unpaired) electrons. The van der Waals surface area contributed by atoms with Gasteiger partial charge in [-0.2, -0.15) is 0 Å². The van der Waals surface area contributed by atoms with Crippen LogP contribution in [0.25, 0.3) is 0 Å². The zero-order valence-electron chi connectivity index (χ0n) is 11.9. The van der Waals surface area contributed by atoms with E-state index >= 15 is 0 Å². The summed E-state index contributed by atoms with van der Waals surface area (Å²) < 4.78 is 11.0. The predicted molar refractivity (Wildman–Crippen MR) is 77.2 cm³/mol. The zero-order valence-corrected chi connectivity index (χ0v) is 11.9. The molecule has 4 heteroatoms. The Bertz CT molecular complexity index is 568. The third-order valence-corrected chi connectivity index (χ3v) is 4.68. The van der Waals surface area contributed by atoms with E-state index < -0.39 is 0 Å². The van der Waals surface area contributed by atoms with Crippen LogP contribution in [0.4, 0.5) is 0 Å². The van der Waals surface area contributed by atoms with Gasteiger partial charge in [0.2, 0.25) is 6.79 Å². The molecule has 0 amide bonds. The molecular weight excluding hydrogens is 252 g/mol. The van der Waals surface area contributed by atoms with Gasteiger partial charge >= 0.3 is 0 Å². The third kappa shape index (κ3) is 1.75. The van der Waals surface area contributed by atoms with E-state index in [4.69, 9.17) is 9.47 Å². The van der Waals surface area contributed by atoms with Gasteiger partial charge in [0.15, 0.2) is 11.5 Å². The Hall–Kier alpha value is -1.52. The lowest BCUT2D eigenvalue weighted by Crippen LogP contribution is -2.53. The number of nitrogens with one attached hydrogen (secondary N) is 1. The molecule has 1 aromatic rings. The Morgan fingerprint density at radius 1 is 1.20 bits per heavy atom. The first-order chi connectivity index (χ1) is 9.74. The van der Waals surface area contributed by atoms with Crippen LogP contribution in [0.5, 0.6) is 11.5 Å². The van der Waals surface area contributed by atoms with Gasteiger partial charge < -0.3 is 19.7 Å². The Kier molecular flexibility index (Phi) is 2.75. The van der Waals surface area contributed by atoms with Crippen LogP contribution in [0.2, 0.25) is 0 Å². The monoisotopic (exact) mass is 272 g/mol. The molecule has 3 aliphatic rings. The largest absolute Gasteiger partial charge is 0.454 e. The predicted octanol–water partition coefficient (Wildman–Crippen LogP) is 1.86. The summed E-state index contributed by atoms with van der Waals surface area (Å²) in [6, 6.07) is 5.27. The van der Waals surface area contributed by atoms with Crippen LogP contribution in [-0.4, -0.2) is 37.9 Å². The fraction of sp³-hybridized carbons (Fsp3) is 0.500. The van der Waals surface area contributed by atoms with Crippen molar-refractivity contribution in [3.63, 3.8) is 0 Å². The van der Waals surface area contributed by atoms with Gasteiger partial charge in [0.1, 0.15) is 0 Å². The van der Waals surface area contributed by atoms with Crippen LogP contribution in [0.1, 0.15) is 23.5 Å². The van der Waals surface area contributed by atoms with E-state index in [9.17, 15) is 0 Å². The molecule has 20 heavy (non-hydrogen) atoms. The maximum absolute atomic E-state index is 5.55. The molecule has 4 rings (SSSR count). The van der Waals surface area contributed by atoms with Gasteiger partial charge in [-0.05, 0) is 43.8 Å². The summed E-state index contributed by atoms with van der Waals surface area (Å²) in [7, 11) is 4.29. The van der Waals surface area contributed by atoms with Gasteiger partial charge in [0.25, 0.3) is 0 Å². The molecule has 2 heterocycles. The Labute approximate surface area is 119 Å². The standard InChI is InChI=1S/C16H20N2O2/c1-18(2)13-5-3-4-11-12-7-15-14(19-9-20-15)6-10(12)8-17-16(11)13/h3,5-7,11,13,16-17H,4,8-9H2,1-2H3/t11-,13-,16?/m0/s1. The molecule has 0 aromatic heterocycles. The van der Waals surface area contributed by atoms with Crippen LogP contribution >= 0.6 is 0 Å². The number of ether oxygens (including phenoxy) is 2. The summed E-state index contributed by atoms with van der Waals surface area (Å²) in [6.07, 6.45) is 5.73. The molecule has 1 aromatic carbocycles. The molecular formula is C16H20N2O2. The molecule has 3 atom stereocenters. The lowest BCUT2D eigenvalue weighted by molar-refractivity contribution is 0.174. The first-order valence-electron chi connectivity index (χ1n) is 7.23. The minimum Gasteiger partial charge on any atom is -0.454 e. The van der Waals surface area contributed by atoms with Crippen molar-refractivity contribution in [3.05, 3.63) is 35.4 Å². The van der Waals surface area contributed by atoms with Crippen LogP contribution in [0.3, 0.4) is 0 Å². The van der Waals surface area contributed by atoms with Crippen molar-refractivity contribution in [1.82, 2.24) is 10.2 Å². The van der Waals surface area contributed by atoms with E-state index in [0.29, 0.717) is 24.8 Å². The van der Waals surface area contributed by atoms with Crippen LogP contribution in [0.15, 0.2) is 24.3 Å². The first-order valence-corrected chi connectivity index (χ1v) is 7.23. The number of fused-ring (bicyclic) bond motifs is 4. The van der Waals surface area contributed by atoms with Crippen molar-refractivity contribution in [3.8, 4) is 11.5 Å². The van der Waals surface area contributed by atoms with E-state index in [1.807, 2.05) is 0 Å². The molecule has 106 valence electrons. The lowest BCUT2D eigenvalue weighted by Gasteiger charge is -2.42. The van der Waals surface area contributed by atoms with Crippen molar-refractivity contribution in [1.29, 1.82) is 0 Å². The first kappa shape index (κ1) is 12.2. The Morgan fingerprint density at radius 2 is 2.00 bits per heavy atom. The van der Waals surface area contributed by atoms with Crippen molar-refractivity contribution in [2.45, 2.75) is 31.0 Å². The minimum absolute atomic E-state index is 0.347. The lowest BCUT2D eigenvalue weighted by atomic mass is 9.76. The number of hydrogen-bond acceptors (Lipinski definition) is 4. The van der Waals surface area contributed by atoms with E-state index in [1.165, 1.54) is 11.1 Å². The van der Waals surface area contributed by atoms with Gasteiger partial charge in [-0.1, -0.05) is 12.2 Å². The second-order valence-corrected chi connectivity index (χ2v) is 6.04. The summed E-state index contributed by atoms with van der Waals surface area (Å²) in [5.74, 6) is 2.31. The molecule has 0 spiro atoms. The maximum atomic E-state index is 5.55. The molecule has 1 aliphatic carbocycles. The molecule has 2 aliphatic heterocycles. The van der Waals surface area contributed by atoms with Crippen LogP contribution < -0.4 is 14.8 Å². The Balaban J connectivity index is 1.75. The van der Waals surface area contributed by atoms with Crippen LogP contribution in [-0.2, 0) is 6.54 Å². The van der Waals surface area contributed by atoms with Crippen molar-refractivity contribution < 1.29 is 9.47 Å². The zero-order chi connectivity index (χ0) is 13.7. The van der Waals surface area contributed by atoms with E-state index in [-0.39, 0.29) is 0 Å². The highest BCUT2D eigenvalue weighted by Crippen LogP contribution is 2.43. The van der Waals surface area contributed by atoms with Gasteiger partial charge in [-0.15, -0.1) is 0 Å². The van der Waals surface area contributed by atoms with Crippen LogP contribution in [0, 0.1) is 0 Å². The van der Waals surface area contributed by atoms with E-state index in [1.54, 1.807) is 0 Å². The van der Waals surface area contributed by atoms with E-state index in [2.05, 4.69) is 48.6 Å². The van der Waals surface area contributed by atoms with Gasteiger partial charge in [0, 0.05) is 24.5 Å². The normalized spacial score (nSPS) is 30.2. The topological polar surface area (TPSA) is 33.7 Å². The second kappa shape index (κ2) is 4.50. The summed E-state index contributed by atoms with van der Waals surface area (Å²) in [6.45, 7) is 1.26. The molecule has 1 unspecified atom stereocenters. The number of allylic oxidation sites excluding steroid dienone is 1. The van der Waals surface area contributed by atoms with E-state index in [0.717, 1.165) is 24.5 Å². The molecule has 0 saturated heterocycles. The third-order valence-electron chi connectivity index (χ3n) is 4.68. The summed E-state index contributed by atoms with van der Waals surface area (Å²) in [5, 5.41) is 3.71. The highest BCUT2D eigenvalue weighted by atomic mass is 16.7. The van der Waals surface area contributed by atoms with Crippen molar-refractivity contribution in [2.75, 3.05) is 20.9 Å². The quantitative estimate of drug-likeness (QED) is 0.791. The highest BCUT2D eigenvalue weighted by Gasteiger charge is 2.37. The molecule has 1 N–H and O–H groups in total. The fourth-order valence-electron chi connectivity index (χ4n) is 3.67. The average Bonchev–Trinajstić information content (AvgIpc) is 2.91. The molecule has 0 saturated carbocycles. The number of benzene rings is 1. The molecule has 0 fully saturated rings. The smallest absolute Gasteiger partial charge is 0.231 e. The number of hydrogen-bond donors (Lipinski definition) is 1.